The molecule has 1 nitrogen and oxygen atoms in total. The minimum Gasteiger partial charge on any atom is -0.301 e. The van der Waals surface area contributed by atoms with E-state index in [9.17, 15) is 0 Å². The second-order valence-corrected chi connectivity index (χ2v) is 4.21. The zero-order valence-corrected chi connectivity index (χ0v) is 10.2. The van der Waals surface area contributed by atoms with Gasteiger partial charge in [-0.15, -0.1) is 24.0 Å². The molecule has 1 unspecified atom stereocenters. The lowest BCUT2D eigenvalue weighted by Crippen LogP contribution is -2.24. The van der Waals surface area contributed by atoms with Crippen LogP contribution >= 0.6 is 24.0 Å². The topological polar surface area (TPSA) is 3.24 Å². The van der Waals surface area contributed by atoms with E-state index < -0.39 is 0 Å². The van der Waals surface area contributed by atoms with Gasteiger partial charge in [0.1, 0.15) is 0 Å². The molecule has 0 bridgehead atoms. The van der Waals surface area contributed by atoms with E-state index >= 15 is 0 Å². The number of hydrogen-bond donors (Lipinski definition) is 0. The fourth-order valence-corrected chi connectivity index (χ4v) is 1.62. The minimum atomic E-state index is 0. The van der Waals surface area contributed by atoms with Gasteiger partial charge in [0.05, 0.1) is 0 Å². The minimum absolute atomic E-state index is 0. The highest BCUT2D eigenvalue weighted by atomic mass is 35.5. The number of halogens is 2. The summed E-state index contributed by atoms with van der Waals surface area (Å²) >= 11 is 5.90. The average molecular weight is 234 g/mol. The van der Waals surface area contributed by atoms with Crippen LogP contribution in [0.15, 0.2) is 30.3 Å². The van der Waals surface area contributed by atoms with Crippen LogP contribution in [0.3, 0.4) is 0 Å². The van der Waals surface area contributed by atoms with Crippen molar-refractivity contribution >= 4 is 24.0 Å². The van der Waals surface area contributed by atoms with Gasteiger partial charge >= 0.3 is 0 Å². The van der Waals surface area contributed by atoms with Gasteiger partial charge in [0.25, 0.3) is 0 Å². The maximum atomic E-state index is 5.90. The Balaban J connectivity index is 0.00000169. The van der Waals surface area contributed by atoms with E-state index in [1.807, 2.05) is 13.0 Å². The standard InChI is InChI=1S/C11H16ClN.ClH/c1-10(12)8-13(2)9-11-6-4-3-5-7-11;/h3-7,10H,8-9H2,1-2H3;1H. The lowest BCUT2D eigenvalue weighted by molar-refractivity contribution is 0.330. The van der Waals surface area contributed by atoms with Crippen molar-refractivity contribution < 1.29 is 0 Å². The summed E-state index contributed by atoms with van der Waals surface area (Å²) < 4.78 is 0. The Hall–Kier alpha value is -0.240. The molecule has 1 aromatic rings. The van der Waals surface area contributed by atoms with E-state index in [0.717, 1.165) is 13.1 Å². The van der Waals surface area contributed by atoms with E-state index in [1.54, 1.807) is 0 Å². The molecule has 14 heavy (non-hydrogen) atoms. The van der Waals surface area contributed by atoms with Crippen LogP contribution in [-0.4, -0.2) is 23.9 Å². The smallest absolute Gasteiger partial charge is 0.0435 e. The predicted octanol–water partition coefficient (Wildman–Crippen LogP) is 3.17. The first-order valence-electron chi connectivity index (χ1n) is 4.55. The molecule has 0 aromatic heterocycles. The molecule has 0 radical (unpaired) electrons. The Morgan fingerprint density at radius 2 is 1.86 bits per heavy atom. The molecule has 3 heteroatoms. The van der Waals surface area contributed by atoms with Crippen molar-refractivity contribution in [2.24, 2.45) is 0 Å². The van der Waals surface area contributed by atoms with Crippen LogP contribution < -0.4 is 0 Å². The second kappa shape index (κ2) is 7.10. The molecule has 0 fully saturated rings. The van der Waals surface area contributed by atoms with Gasteiger partial charge in [-0.3, -0.25) is 0 Å². The van der Waals surface area contributed by atoms with Crippen molar-refractivity contribution in [3.8, 4) is 0 Å². The molecule has 0 spiro atoms. The second-order valence-electron chi connectivity index (χ2n) is 3.46. The molecule has 0 aliphatic carbocycles. The van der Waals surface area contributed by atoms with Gasteiger partial charge in [0, 0.05) is 18.5 Å². The van der Waals surface area contributed by atoms with E-state index in [-0.39, 0.29) is 17.8 Å². The zero-order chi connectivity index (χ0) is 9.68. The predicted molar refractivity (Wildman–Crippen MR) is 65.3 cm³/mol. The maximum Gasteiger partial charge on any atom is 0.0435 e. The van der Waals surface area contributed by atoms with E-state index in [0.29, 0.717) is 0 Å². The molecule has 1 atom stereocenters. The van der Waals surface area contributed by atoms with Crippen molar-refractivity contribution in [3.05, 3.63) is 35.9 Å². The summed E-state index contributed by atoms with van der Waals surface area (Å²) in [5.41, 5.74) is 1.34. The zero-order valence-electron chi connectivity index (χ0n) is 8.61. The first-order valence-corrected chi connectivity index (χ1v) is 4.98. The van der Waals surface area contributed by atoms with Crippen molar-refractivity contribution in [3.63, 3.8) is 0 Å². The van der Waals surface area contributed by atoms with Crippen molar-refractivity contribution in [2.45, 2.75) is 18.8 Å². The van der Waals surface area contributed by atoms with E-state index in [4.69, 9.17) is 11.6 Å². The number of hydrogen-bond acceptors (Lipinski definition) is 1. The molecular formula is C11H17Cl2N. The molecule has 1 aromatic carbocycles. The largest absolute Gasteiger partial charge is 0.301 e. The van der Waals surface area contributed by atoms with Crippen LogP contribution in [0.2, 0.25) is 0 Å². The SMILES string of the molecule is CC(Cl)CN(C)Cc1ccccc1.Cl. The summed E-state index contributed by atoms with van der Waals surface area (Å²) in [7, 11) is 2.09. The van der Waals surface area contributed by atoms with Crippen LogP contribution in [0.1, 0.15) is 12.5 Å². The summed E-state index contributed by atoms with van der Waals surface area (Å²) in [5, 5.41) is 0.216. The van der Waals surface area contributed by atoms with Crippen molar-refractivity contribution in [1.29, 1.82) is 0 Å². The number of alkyl halides is 1. The quantitative estimate of drug-likeness (QED) is 0.723. The third-order valence-corrected chi connectivity index (χ3v) is 2.00. The van der Waals surface area contributed by atoms with Gasteiger partial charge in [-0.2, -0.15) is 0 Å². The van der Waals surface area contributed by atoms with Crippen LogP contribution in [-0.2, 0) is 6.54 Å². The monoisotopic (exact) mass is 233 g/mol. The molecule has 0 heterocycles. The molecule has 0 saturated heterocycles. The Morgan fingerprint density at radius 3 is 2.36 bits per heavy atom. The lowest BCUT2D eigenvalue weighted by Gasteiger charge is -2.17. The van der Waals surface area contributed by atoms with Gasteiger partial charge in [0.2, 0.25) is 0 Å². The Bertz CT molecular complexity index is 236. The van der Waals surface area contributed by atoms with Gasteiger partial charge < -0.3 is 4.90 Å². The fraction of sp³-hybridized carbons (Fsp3) is 0.455. The number of rotatable bonds is 4. The van der Waals surface area contributed by atoms with Crippen molar-refractivity contribution in [1.82, 2.24) is 4.90 Å². The molecule has 1 rings (SSSR count). The molecule has 0 amide bonds. The first kappa shape index (κ1) is 13.8. The molecule has 0 saturated carbocycles. The maximum absolute atomic E-state index is 5.90. The normalized spacial score (nSPS) is 12.3. The van der Waals surface area contributed by atoms with Gasteiger partial charge in [-0.25, -0.2) is 0 Å². The molecule has 0 N–H and O–H groups in total. The highest BCUT2D eigenvalue weighted by molar-refractivity contribution is 6.20. The van der Waals surface area contributed by atoms with Gasteiger partial charge in [0.15, 0.2) is 0 Å². The molecule has 0 aliphatic rings. The Morgan fingerprint density at radius 1 is 1.29 bits per heavy atom. The number of nitrogens with zero attached hydrogens (tertiary/aromatic N) is 1. The fourth-order valence-electron chi connectivity index (χ4n) is 1.39. The molecule has 0 aliphatic heterocycles. The van der Waals surface area contributed by atoms with Gasteiger partial charge in [-0.05, 0) is 19.5 Å². The van der Waals surface area contributed by atoms with Crippen LogP contribution in [0, 0.1) is 0 Å². The Labute approximate surface area is 97.5 Å². The Kier molecular flexibility index (Phi) is 6.98. The summed E-state index contributed by atoms with van der Waals surface area (Å²) in [6.07, 6.45) is 0. The van der Waals surface area contributed by atoms with E-state index in [2.05, 4.69) is 36.2 Å². The van der Waals surface area contributed by atoms with Crippen LogP contribution in [0.5, 0.6) is 0 Å². The summed E-state index contributed by atoms with van der Waals surface area (Å²) in [6, 6.07) is 10.4. The first-order chi connectivity index (χ1) is 6.18. The molecular weight excluding hydrogens is 217 g/mol. The van der Waals surface area contributed by atoms with Crippen LogP contribution in [0.25, 0.3) is 0 Å². The number of benzene rings is 1. The average Bonchev–Trinajstić information content (AvgIpc) is 2.04. The summed E-state index contributed by atoms with van der Waals surface area (Å²) in [5.74, 6) is 0. The highest BCUT2D eigenvalue weighted by Gasteiger charge is 2.02. The van der Waals surface area contributed by atoms with Crippen molar-refractivity contribution in [2.75, 3.05) is 13.6 Å². The third-order valence-electron chi connectivity index (χ3n) is 1.86. The van der Waals surface area contributed by atoms with E-state index in [1.165, 1.54) is 5.56 Å². The lowest BCUT2D eigenvalue weighted by atomic mass is 10.2. The molecule has 80 valence electrons. The van der Waals surface area contributed by atoms with Crippen LogP contribution in [0.4, 0.5) is 0 Å². The summed E-state index contributed by atoms with van der Waals surface area (Å²) in [6.45, 7) is 3.91. The third kappa shape index (κ3) is 5.48. The summed E-state index contributed by atoms with van der Waals surface area (Å²) in [4.78, 5) is 2.23. The van der Waals surface area contributed by atoms with Gasteiger partial charge in [-0.1, -0.05) is 30.3 Å². The highest BCUT2D eigenvalue weighted by Crippen LogP contribution is 2.04.